The Kier molecular flexibility index (Phi) is 6.60. The quantitative estimate of drug-likeness (QED) is 0.379. The van der Waals surface area contributed by atoms with Crippen molar-refractivity contribution < 1.29 is 9.21 Å². The lowest BCUT2D eigenvalue weighted by Gasteiger charge is -2.14. The first-order valence-corrected chi connectivity index (χ1v) is 10.9. The lowest BCUT2D eigenvalue weighted by atomic mass is 10.2. The maximum Gasteiger partial charge on any atom is 0.233 e. The van der Waals surface area contributed by atoms with Crippen LogP contribution in [0.5, 0.6) is 0 Å². The van der Waals surface area contributed by atoms with Gasteiger partial charge in [0.1, 0.15) is 5.76 Å². The smallest absolute Gasteiger partial charge is 0.233 e. The summed E-state index contributed by atoms with van der Waals surface area (Å²) in [5.41, 5.74) is 1.56. The number of benzene rings is 1. The fourth-order valence-corrected chi connectivity index (χ4v) is 4.02. The zero-order chi connectivity index (χ0) is 21.8. The van der Waals surface area contributed by atoms with Crippen molar-refractivity contribution in [3.63, 3.8) is 0 Å². The van der Waals surface area contributed by atoms with Crippen LogP contribution in [-0.4, -0.2) is 30.9 Å². The summed E-state index contributed by atoms with van der Waals surface area (Å²) in [6, 6.07) is 12.5. The Hall–Kier alpha value is -2.81. The topological polar surface area (TPSA) is 85.8 Å². The lowest BCUT2D eigenvalue weighted by molar-refractivity contribution is -0.120. The highest BCUT2D eigenvalue weighted by Gasteiger charge is 2.22. The maximum atomic E-state index is 12.6. The van der Waals surface area contributed by atoms with Gasteiger partial charge in [-0.05, 0) is 49.4 Å². The molecule has 4 aromatic rings. The van der Waals surface area contributed by atoms with Gasteiger partial charge in [0, 0.05) is 18.0 Å². The van der Waals surface area contributed by atoms with Gasteiger partial charge in [0.25, 0.3) is 0 Å². The summed E-state index contributed by atoms with van der Waals surface area (Å²) < 4.78 is 7.10. The van der Waals surface area contributed by atoms with E-state index in [0.717, 1.165) is 11.3 Å². The molecule has 0 fully saturated rings. The molecule has 3 aromatic heterocycles. The molecule has 0 aliphatic carbocycles. The first kappa shape index (κ1) is 21.4. The molecule has 0 aliphatic heterocycles. The predicted octanol–water partition coefficient (Wildman–Crippen LogP) is 5.03. The van der Waals surface area contributed by atoms with Crippen molar-refractivity contribution in [1.82, 2.24) is 25.1 Å². The third kappa shape index (κ3) is 4.92. The summed E-state index contributed by atoms with van der Waals surface area (Å²) in [4.78, 5) is 16.6. The molecule has 1 atom stereocenters. The molecule has 0 aliphatic rings. The average Bonchev–Trinajstić information content (AvgIpc) is 3.44. The second kappa shape index (κ2) is 9.55. The molecule has 4 rings (SSSR count). The summed E-state index contributed by atoms with van der Waals surface area (Å²) >= 11 is 13.6. The molecule has 0 saturated heterocycles. The molecule has 10 heteroatoms. The monoisotopic (exact) mass is 473 g/mol. The molecule has 0 bridgehead atoms. The minimum Gasteiger partial charge on any atom is -0.467 e. The number of hydrogen-bond donors (Lipinski definition) is 1. The van der Waals surface area contributed by atoms with Crippen molar-refractivity contribution in [2.45, 2.75) is 23.9 Å². The van der Waals surface area contributed by atoms with Crippen molar-refractivity contribution in [3.05, 3.63) is 76.9 Å². The number of pyridine rings is 1. The van der Waals surface area contributed by atoms with E-state index in [4.69, 9.17) is 27.6 Å². The van der Waals surface area contributed by atoms with E-state index in [1.807, 2.05) is 29.7 Å². The van der Waals surface area contributed by atoms with Crippen LogP contribution in [-0.2, 0) is 11.3 Å². The summed E-state index contributed by atoms with van der Waals surface area (Å²) in [5, 5.41) is 12.5. The van der Waals surface area contributed by atoms with Crippen molar-refractivity contribution in [2.24, 2.45) is 0 Å². The number of nitrogens with zero attached hydrogens (tertiary/aromatic N) is 4. The van der Waals surface area contributed by atoms with Gasteiger partial charge >= 0.3 is 0 Å². The van der Waals surface area contributed by atoms with Gasteiger partial charge in [-0.15, -0.1) is 10.2 Å². The van der Waals surface area contributed by atoms with E-state index in [-0.39, 0.29) is 5.91 Å². The predicted molar refractivity (Wildman–Crippen MR) is 120 cm³/mol. The Morgan fingerprint density at radius 3 is 2.68 bits per heavy atom. The van der Waals surface area contributed by atoms with Crippen LogP contribution in [0, 0.1) is 0 Å². The molecular formula is C21H17Cl2N5O2S. The molecule has 1 N–H and O–H groups in total. The number of halogens is 2. The van der Waals surface area contributed by atoms with Crippen LogP contribution in [0.2, 0.25) is 10.0 Å². The number of rotatable bonds is 7. The Balaban J connectivity index is 1.63. The summed E-state index contributed by atoms with van der Waals surface area (Å²) in [7, 11) is 0. The van der Waals surface area contributed by atoms with Gasteiger partial charge in [0.15, 0.2) is 11.0 Å². The van der Waals surface area contributed by atoms with E-state index >= 15 is 0 Å². The average molecular weight is 474 g/mol. The SMILES string of the molecule is C[C@H](Sc1nnc(-c2ccncc2)n1-c1ccc(Cl)c(Cl)c1)C(=O)NCc1ccco1. The van der Waals surface area contributed by atoms with E-state index in [2.05, 4.69) is 20.5 Å². The first-order chi connectivity index (χ1) is 15.0. The van der Waals surface area contributed by atoms with Crippen LogP contribution in [0.15, 0.2) is 70.7 Å². The minimum absolute atomic E-state index is 0.143. The van der Waals surface area contributed by atoms with Crippen LogP contribution >= 0.6 is 35.0 Å². The number of furan rings is 1. The van der Waals surface area contributed by atoms with Gasteiger partial charge in [-0.2, -0.15) is 0 Å². The van der Waals surface area contributed by atoms with Gasteiger partial charge in [-0.25, -0.2) is 0 Å². The second-order valence-corrected chi connectivity index (χ2v) is 8.66. The van der Waals surface area contributed by atoms with Crippen LogP contribution < -0.4 is 5.32 Å². The summed E-state index contributed by atoms with van der Waals surface area (Å²) in [6.07, 6.45) is 4.93. The van der Waals surface area contributed by atoms with Gasteiger partial charge in [-0.1, -0.05) is 35.0 Å². The lowest BCUT2D eigenvalue weighted by Crippen LogP contribution is -2.30. The molecule has 0 spiro atoms. The van der Waals surface area contributed by atoms with Gasteiger partial charge in [0.05, 0.1) is 33.8 Å². The Labute approximate surface area is 192 Å². The number of nitrogens with one attached hydrogen (secondary N) is 1. The van der Waals surface area contributed by atoms with E-state index < -0.39 is 5.25 Å². The number of amides is 1. The Morgan fingerprint density at radius 2 is 1.97 bits per heavy atom. The van der Waals surface area contributed by atoms with Gasteiger partial charge < -0.3 is 9.73 Å². The number of aromatic nitrogens is 4. The molecule has 0 saturated carbocycles. The first-order valence-electron chi connectivity index (χ1n) is 9.31. The number of hydrogen-bond acceptors (Lipinski definition) is 6. The van der Waals surface area contributed by atoms with Crippen LogP contribution in [0.1, 0.15) is 12.7 Å². The highest BCUT2D eigenvalue weighted by Crippen LogP contribution is 2.32. The molecule has 1 aromatic carbocycles. The standard InChI is InChI=1S/C21H17Cl2N5O2S/c1-13(20(29)25-12-16-3-2-10-30-16)31-21-27-26-19(14-6-8-24-9-7-14)28(21)15-4-5-17(22)18(23)11-15/h2-11,13H,12H2,1H3,(H,25,29)/t13-/m0/s1. The van der Waals surface area contributed by atoms with Gasteiger partial charge in [0.2, 0.25) is 5.91 Å². The highest BCUT2D eigenvalue weighted by atomic mass is 35.5. The third-order valence-electron chi connectivity index (χ3n) is 4.40. The van der Waals surface area contributed by atoms with Crippen LogP contribution in [0.25, 0.3) is 17.1 Å². The van der Waals surface area contributed by atoms with Crippen LogP contribution in [0.4, 0.5) is 0 Å². The molecule has 0 radical (unpaired) electrons. The normalized spacial score (nSPS) is 12.0. The zero-order valence-electron chi connectivity index (χ0n) is 16.3. The fraction of sp³-hybridized carbons (Fsp3) is 0.143. The Bertz CT molecular complexity index is 1180. The Morgan fingerprint density at radius 1 is 1.16 bits per heavy atom. The highest BCUT2D eigenvalue weighted by molar-refractivity contribution is 8.00. The van der Waals surface area contributed by atoms with E-state index in [0.29, 0.717) is 33.3 Å². The molecule has 158 valence electrons. The molecular weight excluding hydrogens is 457 g/mol. The number of carbonyl (C=O) groups is 1. The van der Waals surface area contributed by atoms with Crippen molar-refractivity contribution >= 4 is 40.9 Å². The maximum absolute atomic E-state index is 12.6. The minimum atomic E-state index is -0.425. The summed E-state index contributed by atoms with van der Waals surface area (Å²) in [5.74, 6) is 1.14. The van der Waals surface area contributed by atoms with Crippen LogP contribution in [0.3, 0.4) is 0 Å². The van der Waals surface area contributed by atoms with Crippen molar-refractivity contribution in [1.29, 1.82) is 0 Å². The number of carbonyl (C=O) groups excluding carboxylic acids is 1. The molecule has 0 unspecified atom stereocenters. The van der Waals surface area contributed by atoms with E-state index in [1.165, 1.54) is 11.8 Å². The largest absolute Gasteiger partial charge is 0.467 e. The van der Waals surface area contributed by atoms with E-state index in [1.54, 1.807) is 42.9 Å². The molecule has 31 heavy (non-hydrogen) atoms. The van der Waals surface area contributed by atoms with Crippen molar-refractivity contribution in [3.8, 4) is 17.1 Å². The van der Waals surface area contributed by atoms with Crippen molar-refractivity contribution in [2.75, 3.05) is 0 Å². The fourth-order valence-electron chi connectivity index (χ4n) is 2.83. The molecule has 3 heterocycles. The molecule has 7 nitrogen and oxygen atoms in total. The molecule has 1 amide bonds. The second-order valence-electron chi connectivity index (χ2n) is 6.53. The number of thioether (sulfide) groups is 1. The zero-order valence-corrected chi connectivity index (χ0v) is 18.7. The van der Waals surface area contributed by atoms with Gasteiger partial charge in [-0.3, -0.25) is 14.3 Å². The van der Waals surface area contributed by atoms with E-state index in [9.17, 15) is 4.79 Å². The third-order valence-corrected chi connectivity index (χ3v) is 6.18. The summed E-state index contributed by atoms with van der Waals surface area (Å²) in [6.45, 7) is 2.13.